The van der Waals surface area contributed by atoms with Gasteiger partial charge in [0.25, 0.3) is 0 Å². The number of rotatable bonds is 3. The summed E-state index contributed by atoms with van der Waals surface area (Å²) < 4.78 is 27.0. The van der Waals surface area contributed by atoms with Crippen LogP contribution in [0.2, 0.25) is 5.02 Å². The van der Waals surface area contributed by atoms with Crippen LogP contribution in [0.3, 0.4) is 0 Å². The molecule has 0 bridgehead atoms. The molecule has 0 saturated carbocycles. The maximum atomic E-state index is 12.8. The van der Waals surface area contributed by atoms with Crippen molar-refractivity contribution in [3.05, 3.63) is 28.8 Å². The molecule has 1 aromatic rings. The van der Waals surface area contributed by atoms with Crippen molar-refractivity contribution in [3.8, 4) is 6.07 Å². The fourth-order valence-electron chi connectivity index (χ4n) is 2.73. The summed E-state index contributed by atoms with van der Waals surface area (Å²) in [6.07, 6.45) is 1.61. The van der Waals surface area contributed by atoms with Gasteiger partial charge < -0.3 is 5.11 Å². The van der Waals surface area contributed by atoms with Crippen molar-refractivity contribution in [1.82, 2.24) is 4.31 Å². The molecule has 0 aromatic heterocycles. The molecule has 0 aliphatic carbocycles. The molecule has 21 heavy (non-hydrogen) atoms. The average Bonchev–Trinajstić information content (AvgIpc) is 2.46. The standard InChI is InChI=1S/C14H17ClN2O3S/c1-10-4-3-7-17(13(10)9-18)21(19,20)14-6-2-5-12(15)11(14)8-16/h2,5-6,10,13,18H,3-4,7,9H2,1H3. The van der Waals surface area contributed by atoms with Crippen molar-refractivity contribution in [3.63, 3.8) is 0 Å². The highest BCUT2D eigenvalue weighted by molar-refractivity contribution is 7.89. The molecule has 2 unspecified atom stereocenters. The Hall–Kier alpha value is -1.13. The van der Waals surface area contributed by atoms with Crippen LogP contribution in [-0.2, 0) is 10.0 Å². The third-order valence-corrected chi connectivity index (χ3v) is 6.21. The van der Waals surface area contributed by atoms with E-state index < -0.39 is 16.1 Å². The average molecular weight is 329 g/mol. The molecule has 1 fully saturated rings. The minimum absolute atomic E-state index is 0.0471. The zero-order valence-electron chi connectivity index (χ0n) is 11.7. The SMILES string of the molecule is CC1CCCN(S(=O)(=O)c2cccc(Cl)c2C#N)C1CO. The molecule has 0 radical (unpaired) electrons. The first kappa shape index (κ1) is 16.2. The monoisotopic (exact) mass is 328 g/mol. The highest BCUT2D eigenvalue weighted by Gasteiger charge is 2.38. The summed E-state index contributed by atoms with van der Waals surface area (Å²) in [7, 11) is -3.86. The molecule has 1 saturated heterocycles. The molecule has 1 aromatic carbocycles. The van der Waals surface area contributed by atoms with Crippen molar-refractivity contribution >= 4 is 21.6 Å². The zero-order chi connectivity index (χ0) is 15.6. The topological polar surface area (TPSA) is 81.4 Å². The number of aliphatic hydroxyl groups excluding tert-OH is 1. The third kappa shape index (κ3) is 2.92. The Morgan fingerprint density at radius 2 is 2.24 bits per heavy atom. The largest absolute Gasteiger partial charge is 0.395 e. The summed E-state index contributed by atoms with van der Waals surface area (Å²) in [5.74, 6) is 0.0724. The number of nitrogens with zero attached hydrogens (tertiary/aromatic N) is 2. The van der Waals surface area contributed by atoms with Gasteiger partial charge >= 0.3 is 0 Å². The van der Waals surface area contributed by atoms with Gasteiger partial charge in [-0.05, 0) is 30.9 Å². The lowest BCUT2D eigenvalue weighted by molar-refractivity contribution is 0.113. The van der Waals surface area contributed by atoms with E-state index in [1.54, 1.807) is 0 Å². The lowest BCUT2D eigenvalue weighted by atomic mass is 9.93. The van der Waals surface area contributed by atoms with Gasteiger partial charge in [0.15, 0.2) is 0 Å². The fraction of sp³-hybridized carbons (Fsp3) is 0.500. The molecule has 2 atom stereocenters. The summed E-state index contributed by atoms with van der Waals surface area (Å²) in [6, 6.07) is 5.77. The minimum Gasteiger partial charge on any atom is -0.395 e. The smallest absolute Gasteiger partial charge is 0.244 e. The predicted octanol–water partition coefficient (Wildman–Crippen LogP) is 1.99. The highest BCUT2D eigenvalue weighted by Crippen LogP contribution is 2.31. The maximum Gasteiger partial charge on any atom is 0.244 e. The Labute approximate surface area is 129 Å². The predicted molar refractivity (Wildman–Crippen MR) is 79.3 cm³/mol. The molecule has 1 aliphatic rings. The first-order chi connectivity index (χ1) is 9.93. The summed E-state index contributed by atoms with van der Waals surface area (Å²) in [6.45, 7) is 2.03. The second-order valence-electron chi connectivity index (χ2n) is 5.21. The number of sulfonamides is 1. The van der Waals surface area contributed by atoms with E-state index in [1.807, 2.05) is 13.0 Å². The second-order valence-corrected chi connectivity index (χ2v) is 7.48. The first-order valence-electron chi connectivity index (χ1n) is 6.74. The Bertz CT molecular complexity index is 669. The summed E-state index contributed by atoms with van der Waals surface area (Å²) in [5.41, 5.74) is -0.0471. The van der Waals surface area contributed by atoms with Crippen LogP contribution in [0.25, 0.3) is 0 Å². The number of hydrogen-bond acceptors (Lipinski definition) is 4. The van der Waals surface area contributed by atoms with Gasteiger partial charge in [0.05, 0.1) is 23.2 Å². The van der Waals surface area contributed by atoms with Gasteiger partial charge in [-0.25, -0.2) is 8.42 Å². The van der Waals surface area contributed by atoms with E-state index in [0.717, 1.165) is 12.8 Å². The lowest BCUT2D eigenvalue weighted by Gasteiger charge is -2.38. The van der Waals surface area contributed by atoms with Gasteiger partial charge in [-0.2, -0.15) is 9.57 Å². The van der Waals surface area contributed by atoms with E-state index in [-0.39, 0.29) is 28.0 Å². The van der Waals surface area contributed by atoms with E-state index >= 15 is 0 Å². The van der Waals surface area contributed by atoms with Gasteiger partial charge in [-0.15, -0.1) is 0 Å². The van der Waals surface area contributed by atoms with Crippen molar-refractivity contribution in [2.75, 3.05) is 13.2 Å². The molecular formula is C14H17ClN2O3S. The van der Waals surface area contributed by atoms with E-state index in [9.17, 15) is 13.5 Å². The summed E-state index contributed by atoms with van der Waals surface area (Å²) in [5, 5.41) is 18.8. The molecule has 1 N–H and O–H groups in total. The Kier molecular flexibility index (Phi) is 4.89. The number of piperidine rings is 1. The van der Waals surface area contributed by atoms with Crippen LogP contribution in [0.15, 0.2) is 23.1 Å². The number of aliphatic hydroxyl groups is 1. The normalized spacial score (nSPS) is 23.7. The van der Waals surface area contributed by atoms with E-state index in [4.69, 9.17) is 16.9 Å². The Balaban J connectivity index is 2.52. The van der Waals surface area contributed by atoms with Crippen LogP contribution in [-0.4, -0.2) is 37.0 Å². The summed E-state index contributed by atoms with van der Waals surface area (Å²) >= 11 is 5.92. The van der Waals surface area contributed by atoms with Crippen LogP contribution in [0, 0.1) is 17.2 Å². The summed E-state index contributed by atoms with van der Waals surface area (Å²) in [4.78, 5) is -0.0925. The van der Waals surface area contributed by atoms with Crippen molar-refractivity contribution in [2.45, 2.75) is 30.7 Å². The van der Waals surface area contributed by atoms with E-state index in [0.29, 0.717) is 6.54 Å². The van der Waals surface area contributed by atoms with Gasteiger partial charge in [0, 0.05) is 6.54 Å². The van der Waals surface area contributed by atoms with Crippen LogP contribution < -0.4 is 0 Å². The minimum atomic E-state index is -3.86. The third-order valence-electron chi connectivity index (χ3n) is 3.93. The fourth-order valence-corrected chi connectivity index (χ4v) is 4.92. The van der Waals surface area contributed by atoms with Gasteiger partial charge in [0.2, 0.25) is 10.0 Å². The van der Waals surface area contributed by atoms with Crippen LogP contribution in [0.1, 0.15) is 25.3 Å². The van der Waals surface area contributed by atoms with Crippen molar-refractivity contribution in [2.24, 2.45) is 5.92 Å². The number of hydrogen-bond donors (Lipinski definition) is 1. The van der Waals surface area contributed by atoms with Crippen molar-refractivity contribution in [1.29, 1.82) is 5.26 Å². The zero-order valence-corrected chi connectivity index (χ0v) is 13.2. The lowest BCUT2D eigenvalue weighted by Crippen LogP contribution is -2.49. The highest BCUT2D eigenvalue weighted by atomic mass is 35.5. The van der Waals surface area contributed by atoms with E-state index in [2.05, 4.69) is 0 Å². The second kappa shape index (κ2) is 6.32. The molecule has 5 nitrogen and oxygen atoms in total. The van der Waals surface area contributed by atoms with Crippen molar-refractivity contribution < 1.29 is 13.5 Å². The Morgan fingerprint density at radius 1 is 1.52 bits per heavy atom. The molecule has 7 heteroatoms. The number of nitriles is 1. The maximum absolute atomic E-state index is 12.8. The molecule has 1 heterocycles. The van der Waals surface area contributed by atoms with E-state index in [1.165, 1.54) is 22.5 Å². The number of halogens is 1. The van der Waals surface area contributed by atoms with Gasteiger partial charge in [0.1, 0.15) is 11.0 Å². The molecule has 0 spiro atoms. The van der Waals surface area contributed by atoms with Gasteiger partial charge in [-0.3, -0.25) is 0 Å². The Morgan fingerprint density at radius 3 is 2.86 bits per heavy atom. The number of benzene rings is 1. The first-order valence-corrected chi connectivity index (χ1v) is 8.56. The molecule has 114 valence electrons. The molecular weight excluding hydrogens is 312 g/mol. The molecule has 0 amide bonds. The molecule has 2 rings (SSSR count). The van der Waals surface area contributed by atoms with Crippen LogP contribution >= 0.6 is 11.6 Å². The quantitative estimate of drug-likeness (QED) is 0.920. The molecule has 1 aliphatic heterocycles. The van der Waals surface area contributed by atoms with Crippen LogP contribution in [0.5, 0.6) is 0 Å². The van der Waals surface area contributed by atoms with Gasteiger partial charge in [-0.1, -0.05) is 24.6 Å². The van der Waals surface area contributed by atoms with Crippen LogP contribution in [0.4, 0.5) is 0 Å².